The highest BCUT2D eigenvalue weighted by Gasteiger charge is 2.59. The molecule has 0 aromatic rings. The third kappa shape index (κ3) is 15.3. The molecule has 12 aliphatic rings. The van der Waals surface area contributed by atoms with Gasteiger partial charge in [0.25, 0.3) is 0 Å². The number of rotatable bonds is 24. The lowest BCUT2D eigenvalue weighted by atomic mass is 9.46. The summed E-state index contributed by atoms with van der Waals surface area (Å²) >= 11 is 0. The van der Waals surface area contributed by atoms with Gasteiger partial charge in [0.2, 0.25) is 0 Å². The predicted molar refractivity (Wildman–Crippen MR) is 340 cm³/mol. The highest BCUT2D eigenvalue weighted by atomic mass is 16.5. The zero-order chi connectivity index (χ0) is 55.8. The SMILES string of the molecule is CCCCOC1CCC2CC(CCCOC3CCC(N(C4CCC(C)CC4)C4CCC5CCC6C7C(CCC4C57)CCC6N(C4CCC(C)CC4)C4CCC(OCCCC5CCC6CC(OCCCC)CCC6C5)CC4)CC3)CCC2C1. The molecule has 0 saturated heterocycles. The van der Waals surface area contributed by atoms with Gasteiger partial charge in [-0.3, -0.25) is 9.80 Å². The van der Waals surface area contributed by atoms with Crippen molar-refractivity contribution >= 4 is 0 Å². The van der Waals surface area contributed by atoms with Gasteiger partial charge in [0.05, 0.1) is 24.4 Å². The van der Waals surface area contributed by atoms with Crippen molar-refractivity contribution in [3.8, 4) is 0 Å². The van der Waals surface area contributed by atoms with E-state index >= 15 is 0 Å². The molecule has 0 aromatic heterocycles. The van der Waals surface area contributed by atoms with Crippen molar-refractivity contribution in [3.05, 3.63) is 0 Å². The van der Waals surface area contributed by atoms with E-state index in [0.717, 1.165) is 146 Å². The summed E-state index contributed by atoms with van der Waals surface area (Å²) in [6, 6.07) is 4.97. The number of fused-ring (bicyclic) bond motifs is 2. The highest BCUT2D eigenvalue weighted by Crippen LogP contribution is 2.62. The molecular formula is C76H132N2O4. The number of hydrogen-bond donors (Lipinski definition) is 0. The largest absolute Gasteiger partial charge is 0.378 e. The Morgan fingerprint density at radius 2 is 0.610 bits per heavy atom. The Morgan fingerprint density at radius 3 is 1.01 bits per heavy atom. The van der Waals surface area contributed by atoms with E-state index in [1.54, 1.807) is 38.5 Å². The van der Waals surface area contributed by atoms with Crippen molar-refractivity contribution in [3.63, 3.8) is 0 Å². The van der Waals surface area contributed by atoms with Gasteiger partial charge >= 0.3 is 0 Å². The molecule has 82 heavy (non-hydrogen) atoms. The Bertz CT molecular complexity index is 1700. The maximum absolute atomic E-state index is 6.89. The minimum absolute atomic E-state index is 0.511. The molecule has 12 rings (SSSR count). The summed E-state index contributed by atoms with van der Waals surface area (Å²) in [4.78, 5) is 6.79. The molecule has 470 valence electrons. The lowest BCUT2D eigenvalue weighted by molar-refractivity contribution is -0.151. The van der Waals surface area contributed by atoms with Crippen LogP contribution in [0.3, 0.4) is 0 Å². The van der Waals surface area contributed by atoms with Crippen LogP contribution in [0.25, 0.3) is 0 Å². The third-order valence-electron chi connectivity index (χ3n) is 27.9. The summed E-state index contributed by atoms with van der Waals surface area (Å²) in [7, 11) is 0. The molecule has 12 saturated carbocycles. The average molecular weight is 1140 g/mol. The number of hydrogen-bond acceptors (Lipinski definition) is 6. The van der Waals surface area contributed by atoms with Crippen LogP contribution in [-0.2, 0) is 18.9 Å². The van der Waals surface area contributed by atoms with E-state index in [4.69, 9.17) is 18.9 Å². The van der Waals surface area contributed by atoms with Gasteiger partial charge < -0.3 is 18.9 Å². The molecule has 0 aromatic carbocycles. The fourth-order valence-electron chi connectivity index (χ4n) is 23.5. The number of unbranched alkanes of at least 4 members (excludes halogenated alkanes) is 2. The summed E-state index contributed by atoms with van der Waals surface area (Å²) in [6.45, 7) is 13.7. The smallest absolute Gasteiger partial charge is 0.0578 e. The average Bonchev–Trinajstić information content (AvgIpc) is 2.19. The van der Waals surface area contributed by atoms with Gasteiger partial charge in [-0.2, -0.15) is 0 Å². The van der Waals surface area contributed by atoms with E-state index in [2.05, 4.69) is 37.5 Å². The quantitative estimate of drug-likeness (QED) is 0.0898. The van der Waals surface area contributed by atoms with Crippen molar-refractivity contribution in [1.82, 2.24) is 9.80 Å². The maximum Gasteiger partial charge on any atom is 0.0578 e. The Morgan fingerprint density at radius 1 is 0.293 bits per heavy atom. The Labute approximate surface area is 506 Å². The van der Waals surface area contributed by atoms with Crippen LogP contribution in [0, 0.1) is 82.9 Å². The molecule has 0 N–H and O–H groups in total. The summed E-state index contributed by atoms with van der Waals surface area (Å²) in [5.41, 5.74) is 0. The molecular weight excluding hydrogens is 1000 g/mol. The van der Waals surface area contributed by atoms with E-state index in [9.17, 15) is 0 Å². The summed E-state index contributed by atoms with van der Waals surface area (Å²) in [5, 5.41) is 0. The van der Waals surface area contributed by atoms with E-state index in [-0.39, 0.29) is 0 Å². The predicted octanol–water partition coefficient (Wildman–Crippen LogP) is 19.4. The third-order valence-corrected chi connectivity index (χ3v) is 27.9. The van der Waals surface area contributed by atoms with Crippen LogP contribution in [0.5, 0.6) is 0 Å². The minimum Gasteiger partial charge on any atom is -0.378 e. The van der Waals surface area contributed by atoms with E-state index in [1.807, 2.05) is 0 Å². The van der Waals surface area contributed by atoms with Crippen molar-refractivity contribution < 1.29 is 18.9 Å². The topological polar surface area (TPSA) is 43.4 Å². The fourth-order valence-corrected chi connectivity index (χ4v) is 23.5. The summed E-state index contributed by atoms with van der Waals surface area (Å²) in [5.74, 6) is 13.6. The Balaban J connectivity index is 0.633. The molecule has 12 aliphatic carbocycles. The Kier molecular flexibility index (Phi) is 23.1. The first kappa shape index (κ1) is 62.0. The van der Waals surface area contributed by atoms with Crippen LogP contribution in [0.1, 0.15) is 310 Å². The monoisotopic (exact) mass is 1140 g/mol. The lowest BCUT2D eigenvalue weighted by Crippen LogP contribution is -2.64. The second-order valence-corrected chi connectivity index (χ2v) is 32.8. The van der Waals surface area contributed by atoms with Crippen LogP contribution in [0.2, 0.25) is 0 Å². The molecule has 0 aliphatic heterocycles. The van der Waals surface area contributed by atoms with Crippen molar-refractivity contribution in [1.29, 1.82) is 0 Å². The van der Waals surface area contributed by atoms with E-state index in [0.29, 0.717) is 24.4 Å². The molecule has 12 fully saturated rings. The first-order valence-corrected chi connectivity index (χ1v) is 38.4. The molecule has 16 unspecified atom stereocenters. The molecule has 0 spiro atoms. The van der Waals surface area contributed by atoms with Gasteiger partial charge in [-0.1, -0.05) is 53.4 Å². The fraction of sp³-hybridized carbons (Fsp3) is 1.00. The van der Waals surface area contributed by atoms with Gasteiger partial charge in [-0.25, -0.2) is 0 Å². The van der Waals surface area contributed by atoms with Gasteiger partial charge in [0, 0.05) is 62.7 Å². The van der Waals surface area contributed by atoms with Gasteiger partial charge in [-0.05, 0) is 340 Å². The molecule has 0 radical (unpaired) electrons. The maximum atomic E-state index is 6.89. The van der Waals surface area contributed by atoms with Gasteiger partial charge in [0.15, 0.2) is 0 Å². The van der Waals surface area contributed by atoms with Crippen molar-refractivity contribution in [2.45, 2.75) is 371 Å². The van der Waals surface area contributed by atoms with Crippen LogP contribution >= 0.6 is 0 Å². The normalized spacial score (nSPS) is 45.3. The molecule has 16 atom stereocenters. The molecule has 0 amide bonds. The van der Waals surface area contributed by atoms with E-state index < -0.39 is 0 Å². The molecule has 0 bridgehead atoms. The van der Waals surface area contributed by atoms with Crippen LogP contribution in [0.15, 0.2) is 0 Å². The number of ether oxygens (including phenoxy) is 4. The summed E-state index contributed by atoms with van der Waals surface area (Å²) < 4.78 is 26.4. The van der Waals surface area contributed by atoms with Crippen LogP contribution in [0.4, 0.5) is 0 Å². The molecule has 6 nitrogen and oxygen atoms in total. The first-order valence-electron chi connectivity index (χ1n) is 38.4. The molecule has 6 heteroatoms. The van der Waals surface area contributed by atoms with Gasteiger partial charge in [0.1, 0.15) is 0 Å². The van der Waals surface area contributed by atoms with Crippen LogP contribution in [-0.4, -0.2) is 96.9 Å². The lowest BCUT2D eigenvalue weighted by Gasteiger charge is -2.64. The molecule has 0 heterocycles. The zero-order valence-electron chi connectivity index (χ0n) is 54.3. The number of nitrogens with zero attached hydrogens (tertiary/aromatic N) is 2. The Hall–Kier alpha value is -0.240. The second kappa shape index (κ2) is 30.5. The minimum atomic E-state index is 0.511. The van der Waals surface area contributed by atoms with Crippen molar-refractivity contribution in [2.75, 3.05) is 26.4 Å². The van der Waals surface area contributed by atoms with Crippen LogP contribution < -0.4 is 0 Å². The second-order valence-electron chi connectivity index (χ2n) is 32.8. The highest BCUT2D eigenvalue weighted by molar-refractivity contribution is 5.10. The van der Waals surface area contributed by atoms with Gasteiger partial charge in [-0.15, -0.1) is 0 Å². The first-order chi connectivity index (χ1) is 40.3. The van der Waals surface area contributed by atoms with Crippen molar-refractivity contribution in [2.24, 2.45) is 82.9 Å². The standard InChI is InChI=1S/C76H132N2O4/c1-5-7-45-81-69-35-21-59-49-55(17-19-61(59)51-69)11-9-47-79-67-37-31-65(32-38-67)77(63-27-13-53(3)14-28-63)73-43-25-57-24-42-72-74(44-26-58-23-41-71(73)75(57)76(58)72)78(64-29-15-54(4)16-30-64)66-33-39-68(40-34-66)80-48-10-12-56-18-20-62-52-70(82-46-8-6-2)36-22-60(62)50-56/h53-76H,5-52H2,1-4H3. The summed E-state index contributed by atoms with van der Waals surface area (Å²) in [6.07, 6.45) is 64.5. The van der Waals surface area contributed by atoms with E-state index in [1.165, 1.54) is 244 Å². The zero-order valence-corrected chi connectivity index (χ0v) is 54.3.